The average molecular weight is 231 g/mol. The van der Waals surface area contributed by atoms with Gasteiger partial charge in [0.15, 0.2) is 0 Å². The molecular formula is C10H17NO5. The van der Waals surface area contributed by atoms with E-state index in [1.807, 2.05) is 0 Å². The summed E-state index contributed by atoms with van der Waals surface area (Å²) in [6.07, 6.45) is 0.769. The van der Waals surface area contributed by atoms with E-state index in [2.05, 4.69) is 14.1 Å². The molecule has 0 radical (unpaired) electrons. The second-order valence-corrected chi connectivity index (χ2v) is 3.97. The molecule has 0 saturated carbocycles. The fourth-order valence-electron chi connectivity index (χ4n) is 0.973. The van der Waals surface area contributed by atoms with E-state index in [1.165, 1.54) is 13.1 Å². The van der Waals surface area contributed by atoms with Gasteiger partial charge >= 0.3 is 1.43 Å². The highest BCUT2D eigenvalue weighted by molar-refractivity contribution is 5.87. The van der Waals surface area contributed by atoms with E-state index in [0.29, 0.717) is 12.2 Å². The number of ether oxygens (including phenoxy) is 1. The Morgan fingerprint density at radius 2 is 1.50 bits per heavy atom. The summed E-state index contributed by atoms with van der Waals surface area (Å²) in [5.74, 6) is -3.09. The second-order valence-electron chi connectivity index (χ2n) is 3.97. The van der Waals surface area contributed by atoms with Crippen molar-refractivity contribution in [3.05, 3.63) is 12.2 Å². The summed E-state index contributed by atoms with van der Waals surface area (Å²) in [6.45, 7) is 4.21. The van der Waals surface area contributed by atoms with Gasteiger partial charge in [-0.15, -0.1) is 0 Å². The van der Waals surface area contributed by atoms with Crippen molar-refractivity contribution in [3.63, 3.8) is 0 Å². The maximum atomic E-state index is 9.41. The molecule has 0 amide bonds. The van der Waals surface area contributed by atoms with Crippen LogP contribution in [0.15, 0.2) is 12.2 Å². The van der Waals surface area contributed by atoms with Crippen molar-refractivity contribution >= 4 is 11.9 Å². The minimum Gasteiger partial charge on any atom is -0.545 e. The number of morpholine rings is 1. The molecule has 0 spiro atoms. The Labute approximate surface area is 95.8 Å². The van der Waals surface area contributed by atoms with E-state index in [1.54, 1.807) is 0 Å². The minimum absolute atomic E-state index is 0. The molecular weight excluding hydrogens is 214 g/mol. The van der Waals surface area contributed by atoms with Crippen molar-refractivity contribution in [1.82, 2.24) is 0 Å². The van der Waals surface area contributed by atoms with Gasteiger partial charge in [0.05, 0.1) is 39.2 Å². The highest BCUT2D eigenvalue weighted by Gasteiger charge is 2.18. The first-order chi connectivity index (χ1) is 7.33. The zero-order chi connectivity index (χ0) is 12.6. The molecule has 0 bridgehead atoms. The van der Waals surface area contributed by atoms with Gasteiger partial charge in [-0.3, -0.25) is 0 Å². The van der Waals surface area contributed by atoms with Crippen molar-refractivity contribution in [2.75, 3.05) is 40.4 Å². The molecule has 1 aliphatic heterocycles. The SMILES string of the molecule is C[N+]1(C)CCOCC1.O=C([O-])/C=C\C(=O)[O-].[H+]. The van der Waals surface area contributed by atoms with Gasteiger partial charge in [0.2, 0.25) is 0 Å². The lowest BCUT2D eigenvalue weighted by molar-refractivity contribution is -0.898. The van der Waals surface area contributed by atoms with Crippen LogP contribution in [-0.4, -0.2) is 56.8 Å². The monoisotopic (exact) mass is 231 g/mol. The molecule has 0 aromatic heterocycles. The van der Waals surface area contributed by atoms with Gasteiger partial charge in [-0.1, -0.05) is 0 Å². The summed E-state index contributed by atoms with van der Waals surface area (Å²) in [4.78, 5) is 18.8. The molecule has 1 fully saturated rings. The second kappa shape index (κ2) is 6.97. The number of hydrogen-bond acceptors (Lipinski definition) is 5. The van der Waals surface area contributed by atoms with Gasteiger partial charge in [0, 0.05) is 0 Å². The molecule has 0 N–H and O–H groups in total. The number of rotatable bonds is 2. The van der Waals surface area contributed by atoms with Gasteiger partial charge in [0.1, 0.15) is 13.1 Å². The number of carbonyl (C=O) groups is 2. The smallest absolute Gasteiger partial charge is 0.545 e. The van der Waals surface area contributed by atoms with Gasteiger partial charge in [-0.05, 0) is 12.2 Å². The Bertz CT molecular complexity index is 254. The fraction of sp³-hybridized carbons (Fsp3) is 0.600. The Kier molecular flexibility index (Phi) is 6.36. The van der Waals surface area contributed by atoms with Gasteiger partial charge in [-0.25, -0.2) is 0 Å². The Hall–Kier alpha value is -1.40. The molecule has 0 aromatic rings. The normalized spacial score (nSPS) is 18.6. The Morgan fingerprint density at radius 3 is 1.69 bits per heavy atom. The first-order valence-electron chi connectivity index (χ1n) is 4.83. The number of carbonyl (C=O) groups excluding carboxylic acids is 2. The van der Waals surface area contributed by atoms with Crippen LogP contribution in [-0.2, 0) is 14.3 Å². The van der Waals surface area contributed by atoms with Crippen LogP contribution in [0.2, 0.25) is 0 Å². The summed E-state index contributed by atoms with van der Waals surface area (Å²) in [5.41, 5.74) is 0. The third-order valence-electron chi connectivity index (χ3n) is 2.04. The van der Waals surface area contributed by atoms with Crippen molar-refractivity contribution in [1.29, 1.82) is 0 Å². The number of hydrogen-bond donors (Lipinski definition) is 0. The lowest BCUT2D eigenvalue weighted by Gasteiger charge is -2.33. The van der Waals surface area contributed by atoms with Crippen LogP contribution in [0.1, 0.15) is 1.43 Å². The van der Waals surface area contributed by atoms with E-state index >= 15 is 0 Å². The first-order valence-corrected chi connectivity index (χ1v) is 4.83. The largest absolute Gasteiger partial charge is 1.00 e. The Balaban J connectivity index is 0. The molecule has 1 rings (SSSR count). The lowest BCUT2D eigenvalue weighted by atomic mass is 10.4. The van der Waals surface area contributed by atoms with Crippen LogP contribution in [0.25, 0.3) is 0 Å². The molecule has 0 aliphatic carbocycles. The first kappa shape index (κ1) is 14.6. The molecule has 0 atom stereocenters. The number of carboxylic acid groups (broad SMARTS) is 2. The van der Waals surface area contributed by atoms with Crippen LogP contribution in [0.5, 0.6) is 0 Å². The van der Waals surface area contributed by atoms with Crippen molar-refractivity contribution in [3.8, 4) is 0 Å². The van der Waals surface area contributed by atoms with E-state index < -0.39 is 11.9 Å². The van der Waals surface area contributed by atoms with E-state index in [0.717, 1.165) is 17.7 Å². The molecule has 0 aromatic carbocycles. The van der Waals surface area contributed by atoms with Gasteiger partial charge in [-0.2, -0.15) is 0 Å². The molecule has 16 heavy (non-hydrogen) atoms. The lowest BCUT2D eigenvalue weighted by Crippen LogP contribution is -2.48. The highest BCUT2D eigenvalue weighted by atomic mass is 16.5. The highest BCUT2D eigenvalue weighted by Crippen LogP contribution is 2.00. The summed E-state index contributed by atoms with van der Waals surface area (Å²) >= 11 is 0. The standard InChI is InChI=1S/C6H14NO.C4H4O4/c1-7(2)3-5-8-6-4-7;5-3(6)1-2-4(7)8/h3-6H2,1-2H3;1-2H,(H,5,6)(H,7,8)/q+1;/p-1/b;2-1-. The van der Waals surface area contributed by atoms with Crippen LogP contribution in [0, 0.1) is 0 Å². The average Bonchev–Trinajstić information content (AvgIpc) is 2.15. The van der Waals surface area contributed by atoms with Crippen LogP contribution >= 0.6 is 0 Å². The van der Waals surface area contributed by atoms with Crippen LogP contribution in [0.3, 0.4) is 0 Å². The zero-order valence-corrected chi connectivity index (χ0v) is 9.47. The van der Waals surface area contributed by atoms with E-state index in [9.17, 15) is 19.8 Å². The Morgan fingerprint density at radius 1 is 1.12 bits per heavy atom. The van der Waals surface area contributed by atoms with Crippen LogP contribution in [0.4, 0.5) is 0 Å². The van der Waals surface area contributed by atoms with Gasteiger partial charge < -0.3 is 29.0 Å². The summed E-state index contributed by atoms with van der Waals surface area (Å²) < 4.78 is 6.31. The predicted molar refractivity (Wildman–Crippen MR) is 52.9 cm³/mol. The third-order valence-corrected chi connectivity index (χ3v) is 2.04. The number of quaternary nitrogens is 1. The zero-order valence-electron chi connectivity index (χ0n) is 10.5. The van der Waals surface area contributed by atoms with Gasteiger partial charge in [0.25, 0.3) is 0 Å². The fourth-order valence-corrected chi connectivity index (χ4v) is 0.973. The molecule has 1 aliphatic rings. The van der Waals surface area contributed by atoms with Crippen molar-refractivity contribution in [2.24, 2.45) is 0 Å². The number of likely N-dealkylation sites (N-methyl/N-ethyl adjacent to an activating group) is 1. The maximum Gasteiger partial charge on any atom is 1.00 e. The quantitative estimate of drug-likeness (QED) is 0.379. The topological polar surface area (TPSA) is 89.5 Å². The van der Waals surface area contributed by atoms with E-state index in [-0.39, 0.29) is 1.43 Å². The molecule has 1 saturated heterocycles. The molecule has 0 unspecified atom stereocenters. The van der Waals surface area contributed by atoms with Crippen molar-refractivity contribution < 1.29 is 30.4 Å². The predicted octanol–water partition coefficient (Wildman–Crippen LogP) is -2.75. The summed E-state index contributed by atoms with van der Waals surface area (Å²) in [7, 11) is 4.48. The number of nitrogens with zero attached hydrogens (tertiary/aromatic N) is 1. The number of carboxylic acids is 2. The van der Waals surface area contributed by atoms with Crippen LogP contribution < -0.4 is 10.2 Å². The molecule has 6 nitrogen and oxygen atoms in total. The number of aliphatic carboxylic acids is 2. The maximum absolute atomic E-state index is 9.41. The molecule has 1 heterocycles. The molecule has 92 valence electrons. The summed E-state index contributed by atoms with van der Waals surface area (Å²) in [5, 5.41) is 18.8. The third kappa shape index (κ3) is 9.17. The van der Waals surface area contributed by atoms with Crippen molar-refractivity contribution in [2.45, 2.75) is 0 Å². The minimum atomic E-state index is -1.55. The molecule has 6 heteroatoms. The summed E-state index contributed by atoms with van der Waals surface area (Å²) in [6, 6.07) is 0. The van der Waals surface area contributed by atoms with E-state index in [4.69, 9.17) is 4.74 Å².